The highest BCUT2D eigenvalue weighted by Gasteiger charge is 2.30. The number of thiazole rings is 1. The van der Waals surface area contributed by atoms with Crippen LogP contribution in [0.15, 0.2) is 24.3 Å². The number of nitrogens with zero attached hydrogens (tertiary/aromatic N) is 3. The summed E-state index contributed by atoms with van der Waals surface area (Å²) in [4.78, 5) is 21.6. The van der Waals surface area contributed by atoms with Crippen molar-refractivity contribution in [3.63, 3.8) is 0 Å². The first-order valence-electron chi connectivity index (χ1n) is 8.20. The van der Waals surface area contributed by atoms with Crippen LogP contribution in [0.1, 0.15) is 25.7 Å². The number of aromatic nitrogens is 1. The largest absolute Gasteiger partial charge is 0.348 e. The lowest BCUT2D eigenvalue weighted by atomic mass is 9.95. The lowest BCUT2D eigenvalue weighted by Crippen LogP contribution is -2.41. The molecule has 4 rings (SSSR count). The van der Waals surface area contributed by atoms with Gasteiger partial charge < -0.3 is 9.80 Å². The van der Waals surface area contributed by atoms with Crippen molar-refractivity contribution in [1.29, 1.82) is 0 Å². The molecule has 2 aliphatic heterocycles. The van der Waals surface area contributed by atoms with Gasteiger partial charge in [0.1, 0.15) is 0 Å². The Labute approximate surface area is 134 Å². The minimum Gasteiger partial charge on any atom is -0.348 e. The van der Waals surface area contributed by atoms with E-state index in [1.807, 2.05) is 6.07 Å². The number of hydrogen-bond acceptors (Lipinski definition) is 4. The average molecular weight is 315 g/mol. The van der Waals surface area contributed by atoms with Crippen molar-refractivity contribution < 1.29 is 4.79 Å². The molecule has 0 aliphatic carbocycles. The van der Waals surface area contributed by atoms with Gasteiger partial charge in [-0.1, -0.05) is 23.5 Å². The van der Waals surface area contributed by atoms with Crippen LogP contribution < -0.4 is 4.90 Å². The first kappa shape index (κ1) is 14.0. The summed E-state index contributed by atoms with van der Waals surface area (Å²) >= 11 is 1.76. The Kier molecular flexibility index (Phi) is 3.74. The monoisotopic (exact) mass is 315 g/mol. The molecule has 2 fully saturated rings. The van der Waals surface area contributed by atoms with E-state index >= 15 is 0 Å². The molecule has 2 aliphatic rings. The highest BCUT2D eigenvalue weighted by Crippen LogP contribution is 2.32. The maximum absolute atomic E-state index is 12.5. The zero-order chi connectivity index (χ0) is 14.9. The van der Waals surface area contributed by atoms with E-state index in [1.165, 1.54) is 17.5 Å². The fourth-order valence-corrected chi connectivity index (χ4v) is 4.53. The summed E-state index contributed by atoms with van der Waals surface area (Å²) in [5.41, 5.74) is 1.08. The standard InChI is InChI=1S/C17H21N3OS/c21-16(19-9-3-4-10-19)13-7-11-20(12-8-13)17-18-14-5-1-2-6-15(14)22-17/h1-2,5-6,13H,3-4,7-12H2. The molecule has 0 N–H and O–H groups in total. The number of hydrogen-bond donors (Lipinski definition) is 0. The molecule has 5 heteroatoms. The highest BCUT2D eigenvalue weighted by molar-refractivity contribution is 7.22. The molecule has 1 aromatic carbocycles. The van der Waals surface area contributed by atoms with E-state index in [4.69, 9.17) is 4.98 Å². The molecule has 4 nitrogen and oxygen atoms in total. The van der Waals surface area contributed by atoms with Crippen LogP contribution in [-0.4, -0.2) is 42.0 Å². The quantitative estimate of drug-likeness (QED) is 0.854. The summed E-state index contributed by atoms with van der Waals surface area (Å²) in [5, 5.41) is 1.10. The first-order valence-corrected chi connectivity index (χ1v) is 9.02. The van der Waals surface area contributed by atoms with E-state index in [1.54, 1.807) is 11.3 Å². The van der Waals surface area contributed by atoms with Crippen LogP contribution in [0.25, 0.3) is 10.2 Å². The molecule has 1 amide bonds. The van der Waals surface area contributed by atoms with Crippen molar-refractivity contribution >= 4 is 32.6 Å². The SMILES string of the molecule is O=C(C1CCN(c2nc3ccccc3s2)CC1)N1CCCC1. The van der Waals surface area contributed by atoms with E-state index in [0.29, 0.717) is 5.91 Å². The van der Waals surface area contributed by atoms with Gasteiger partial charge in [-0.2, -0.15) is 0 Å². The normalized spacial score (nSPS) is 20.0. The van der Waals surface area contributed by atoms with Gasteiger partial charge in [-0.15, -0.1) is 0 Å². The van der Waals surface area contributed by atoms with E-state index in [-0.39, 0.29) is 5.92 Å². The number of carbonyl (C=O) groups excluding carboxylic acids is 1. The van der Waals surface area contributed by atoms with E-state index in [9.17, 15) is 4.79 Å². The Morgan fingerprint density at radius 3 is 2.55 bits per heavy atom. The molecule has 1 aromatic heterocycles. The number of carbonyl (C=O) groups is 1. The van der Waals surface area contributed by atoms with Gasteiger partial charge in [0.2, 0.25) is 5.91 Å². The molecule has 0 spiro atoms. The zero-order valence-electron chi connectivity index (χ0n) is 12.7. The van der Waals surface area contributed by atoms with Crippen LogP contribution in [0.3, 0.4) is 0 Å². The number of fused-ring (bicyclic) bond motifs is 1. The Bertz CT molecular complexity index is 636. The number of amides is 1. The maximum Gasteiger partial charge on any atom is 0.225 e. The van der Waals surface area contributed by atoms with Crippen molar-refractivity contribution in [2.45, 2.75) is 25.7 Å². The summed E-state index contributed by atoms with van der Waals surface area (Å²) in [7, 11) is 0. The van der Waals surface area contributed by atoms with Crippen LogP contribution in [-0.2, 0) is 4.79 Å². The summed E-state index contributed by atoms with van der Waals surface area (Å²) in [6.45, 7) is 3.84. The minimum atomic E-state index is 0.226. The Morgan fingerprint density at radius 1 is 1.09 bits per heavy atom. The number of piperidine rings is 1. The molecule has 0 bridgehead atoms. The second-order valence-electron chi connectivity index (χ2n) is 6.26. The van der Waals surface area contributed by atoms with Gasteiger partial charge in [-0.3, -0.25) is 4.79 Å². The van der Waals surface area contributed by atoms with Crippen LogP contribution in [0.2, 0.25) is 0 Å². The van der Waals surface area contributed by atoms with Gasteiger partial charge >= 0.3 is 0 Å². The number of rotatable bonds is 2. The molecule has 0 saturated carbocycles. The van der Waals surface area contributed by atoms with E-state index in [2.05, 4.69) is 28.0 Å². The molecule has 116 valence electrons. The lowest BCUT2D eigenvalue weighted by molar-refractivity contribution is -0.135. The van der Waals surface area contributed by atoms with Crippen molar-refractivity contribution in [3.8, 4) is 0 Å². The molecule has 2 aromatic rings. The molecular weight excluding hydrogens is 294 g/mol. The molecule has 3 heterocycles. The van der Waals surface area contributed by atoms with Gasteiger partial charge in [0, 0.05) is 32.1 Å². The van der Waals surface area contributed by atoms with Crippen LogP contribution in [0.5, 0.6) is 0 Å². The second-order valence-corrected chi connectivity index (χ2v) is 7.27. The van der Waals surface area contributed by atoms with Gasteiger partial charge in [0.25, 0.3) is 0 Å². The predicted octanol–water partition coefficient (Wildman–Crippen LogP) is 3.14. The average Bonchev–Trinajstić information content (AvgIpc) is 3.23. The Hall–Kier alpha value is -1.62. The highest BCUT2D eigenvalue weighted by atomic mass is 32.1. The summed E-state index contributed by atoms with van der Waals surface area (Å²) in [5.74, 6) is 0.616. The second kappa shape index (κ2) is 5.88. The zero-order valence-corrected chi connectivity index (χ0v) is 13.5. The van der Waals surface area contributed by atoms with Crippen LogP contribution in [0.4, 0.5) is 5.13 Å². The maximum atomic E-state index is 12.5. The first-order chi connectivity index (χ1) is 10.8. The van der Waals surface area contributed by atoms with E-state index in [0.717, 1.165) is 49.7 Å². The minimum absolute atomic E-state index is 0.226. The number of likely N-dealkylation sites (tertiary alicyclic amines) is 1. The molecule has 0 radical (unpaired) electrons. The number of para-hydroxylation sites is 1. The van der Waals surface area contributed by atoms with Gasteiger partial charge in [-0.05, 0) is 37.8 Å². The molecule has 2 saturated heterocycles. The van der Waals surface area contributed by atoms with Crippen molar-refractivity contribution in [2.24, 2.45) is 5.92 Å². The van der Waals surface area contributed by atoms with Crippen molar-refractivity contribution in [3.05, 3.63) is 24.3 Å². The molecule has 0 atom stereocenters. The lowest BCUT2D eigenvalue weighted by Gasteiger charge is -2.32. The summed E-state index contributed by atoms with van der Waals surface area (Å²) in [6, 6.07) is 8.29. The number of anilines is 1. The fraction of sp³-hybridized carbons (Fsp3) is 0.529. The smallest absolute Gasteiger partial charge is 0.225 e. The Morgan fingerprint density at radius 2 is 1.82 bits per heavy atom. The third kappa shape index (κ3) is 2.58. The summed E-state index contributed by atoms with van der Waals surface area (Å²) < 4.78 is 1.24. The van der Waals surface area contributed by atoms with Gasteiger partial charge in [0.05, 0.1) is 10.2 Å². The summed E-state index contributed by atoms with van der Waals surface area (Å²) in [6.07, 6.45) is 4.28. The predicted molar refractivity (Wildman–Crippen MR) is 90.4 cm³/mol. The fourth-order valence-electron chi connectivity index (χ4n) is 3.51. The Balaban J connectivity index is 1.41. The van der Waals surface area contributed by atoms with Crippen molar-refractivity contribution in [1.82, 2.24) is 9.88 Å². The van der Waals surface area contributed by atoms with Gasteiger partial charge in [-0.25, -0.2) is 4.98 Å². The third-order valence-electron chi connectivity index (χ3n) is 4.82. The van der Waals surface area contributed by atoms with Crippen LogP contribution in [0, 0.1) is 5.92 Å². The molecular formula is C17H21N3OS. The number of benzene rings is 1. The van der Waals surface area contributed by atoms with Crippen molar-refractivity contribution in [2.75, 3.05) is 31.1 Å². The van der Waals surface area contributed by atoms with E-state index < -0.39 is 0 Å². The van der Waals surface area contributed by atoms with Crippen LogP contribution >= 0.6 is 11.3 Å². The topological polar surface area (TPSA) is 36.4 Å². The molecule has 0 unspecified atom stereocenters. The molecule has 22 heavy (non-hydrogen) atoms. The third-order valence-corrected chi connectivity index (χ3v) is 5.91. The van der Waals surface area contributed by atoms with Gasteiger partial charge in [0.15, 0.2) is 5.13 Å².